The third-order valence-corrected chi connectivity index (χ3v) is 4.44. The molecule has 0 aromatic heterocycles. The van der Waals surface area contributed by atoms with Crippen LogP contribution in [0.1, 0.15) is 37.8 Å². The molecule has 0 spiro atoms. The summed E-state index contributed by atoms with van der Waals surface area (Å²) < 4.78 is 11.5. The molecule has 0 radical (unpaired) electrons. The minimum Gasteiger partial charge on any atom is -0.491 e. The number of nitrogens with one attached hydrogen (secondary N) is 1. The number of hydrogen-bond acceptors (Lipinski definition) is 3. The van der Waals surface area contributed by atoms with E-state index in [1.165, 1.54) is 0 Å². The number of hydrogen-bond donors (Lipinski definition) is 1. The Balaban J connectivity index is 1.78. The van der Waals surface area contributed by atoms with Crippen molar-refractivity contribution in [2.24, 2.45) is 0 Å². The zero-order valence-corrected chi connectivity index (χ0v) is 16.5. The molecule has 140 valence electrons. The standard InChI is InChI=1S/C21H26ClNO3/c1-14(2)18-7-5-6-8-20(18)25-12-11-23-21(24)16(4)26-17-9-10-19(22)15(3)13-17/h5-10,13-14,16H,11-12H2,1-4H3,(H,23,24). The highest BCUT2D eigenvalue weighted by atomic mass is 35.5. The number of para-hydroxylation sites is 1. The maximum absolute atomic E-state index is 12.2. The van der Waals surface area contributed by atoms with Gasteiger partial charge in [0.25, 0.3) is 5.91 Å². The number of ether oxygens (including phenoxy) is 2. The van der Waals surface area contributed by atoms with Crippen molar-refractivity contribution >= 4 is 17.5 Å². The highest BCUT2D eigenvalue weighted by Crippen LogP contribution is 2.25. The van der Waals surface area contributed by atoms with Crippen LogP contribution >= 0.6 is 11.6 Å². The lowest BCUT2D eigenvalue weighted by Crippen LogP contribution is -2.38. The summed E-state index contributed by atoms with van der Waals surface area (Å²) in [5.41, 5.74) is 2.07. The Kier molecular flexibility index (Phi) is 7.34. The van der Waals surface area contributed by atoms with Gasteiger partial charge in [-0.05, 0) is 55.2 Å². The summed E-state index contributed by atoms with van der Waals surface area (Å²) in [5.74, 6) is 1.68. The van der Waals surface area contributed by atoms with Crippen molar-refractivity contribution in [1.29, 1.82) is 0 Å². The molecule has 1 unspecified atom stereocenters. The van der Waals surface area contributed by atoms with Gasteiger partial charge in [-0.2, -0.15) is 0 Å². The minimum absolute atomic E-state index is 0.182. The SMILES string of the molecule is Cc1cc(OC(C)C(=O)NCCOc2ccccc2C(C)C)ccc1Cl. The van der Waals surface area contributed by atoms with E-state index in [0.29, 0.717) is 29.8 Å². The van der Waals surface area contributed by atoms with Crippen LogP contribution in [-0.4, -0.2) is 25.2 Å². The van der Waals surface area contributed by atoms with Crippen LogP contribution in [0.5, 0.6) is 11.5 Å². The first-order valence-electron chi connectivity index (χ1n) is 8.80. The van der Waals surface area contributed by atoms with Gasteiger partial charge in [0.15, 0.2) is 6.10 Å². The number of rotatable bonds is 8. The van der Waals surface area contributed by atoms with E-state index in [0.717, 1.165) is 16.9 Å². The Bertz CT molecular complexity index is 746. The molecule has 1 N–H and O–H groups in total. The Hall–Kier alpha value is -2.20. The quantitative estimate of drug-likeness (QED) is 0.678. The first-order chi connectivity index (χ1) is 12.4. The summed E-state index contributed by atoms with van der Waals surface area (Å²) in [6, 6.07) is 13.3. The summed E-state index contributed by atoms with van der Waals surface area (Å²) in [6.45, 7) is 8.68. The van der Waals surface area contributed by atoms with Crippen molar-refractivity contribution < 1.29 is 14.3 Å². The monoisotopic (exact) mass is 375 g/mol. The summed E-state index contributed by atoms with van der Waals surface area (Å²) in [7, 11) is 0. The first kappa shape index (κ1) is 20.1. The van der Waals surface area contributed by atoms with E-state index in [2.05, 4.69) is 25.2 Å². The lowest BCUT2D eigenvalue weighted by atomic mass is 10.0. The first-order valence-corrected chi connectivity index (χ1v) is 9.18. The largest absolute Gasteiger partial charge is 0.491 e. The molecular formula is C21H26ClNO3. The van der Waals surface area contributed by atoms with E-state index in [1.54, 1.807) is 19.1 Å². The molecule has 0 aliphatic rings. The molecule has 5 heteroatoms. The maximum Gasteiger partial charge on any atom is 0.260 e. The lowest BCUT2D eigenvalue weighted by Gasteiger charge is -2.16. The van der Waals surface area contributed by atoms with Crippen LogP contribution in [-0.2, 0) is 4.79 Å². The van der Waals surface area contributed by atoms with Crippen molar-refractivity contribution in [3.05, 3.63) is 58.6 Å². The molecule has 0 saturated carbocycles. The highest BCUT2D eigenvalue weighted by molar-refractivity contribution is 6.31. The van der Waals surface area contributed by atoms with E-state index in [9.17, 15) is 4.79 Å². The van der Waals surface area contributed by atoms with E-state index in [-0.39, 0.29) is 5.91 Å². The lowest BCUT2D eigenvalue weighted by molar-refractivity contribution is -0.127. The van der Waals surface area contributed by atoms with Crippen molar-refractivity contribution in [3.63, 3.8) is 0 Å². The number of aryl methyl sites for hydroxylation is 1. The van der Waals surface area contributed by atoms with Crippen LogP contribution in [0.4, 0.5) is 0 Å². The molecule has 4 nitrogen and oxygen atoms in total. The van der Waals surface area contributed by atoms with Gasteiger partial charge in [0.05, 0.1) is 6.54 Å². The third kappa shape index (κ3) is 5.67. The van der Waals surface area contributed by atoms with E-state index in [4.69, 9.17) is 21.1 Å². The van der Waals surface area contributed by atoms with Gasteiger partial charge >= 0.3 is 0 Å². The predicted molar refractivity (Wildman–Crippen MR) is 105 cm³/mol. The van der Waals surface area contributed by atoms with Crippen LogP contribution in [0.15, 0.2) is 42.5 Å². The third-order valence-electron chi connectivity index (χ3n) is 4.01. The molecule has 2 aromatic rings. The molecule has 1 amide bonds. The second-order valence-electron chi connectivity index (χ2n) is 6.50. The molecule has 0 aliphatic heterocycles. The van der Waals surface area contributed by atoms with Gasteiger partial charge in [-0.25, -0.2) is 0 Å². The fraction of sp³-hybridized carbons (Fsp3) is 0.381. The average molecular weight is 376 g/mol. The topological polar surface area (TPSA) is 47.6 Å². The van der Waals surface area contributed by atoms with Crippen LogP contribution in [0.3, 0.4) is 0 Å². The smallest absolute Gasteiger partial charge is 0.260 e. The van der Waals surface area contributed by atoms with Gasteiger partial charge in [0.2, 0.25) is 0 Å². The van der Waals surface area contributed by atoms with Gasteiger partial charge in [0, 0.05) is 5.02 Å². The van der Waals surface area contributed by atoms with Crippen molar-refractivity contribution in [2.45, 2.75) is 39.7 Å². The Morgan fingerprint density at radius 1 is 1.15 bits per heavy atom. The molecule has 0 saturated heterocycles. The van der Waals surface area contributed by atoms with Crippen molar-refractivity contribution in [1.82, 2.24) is 5.32 Å². The fourth-order valence-corrected chi connectivity index (χ4v) is 2.63. The Morgan fingerprint density at radius 2 is 1.88 bits per heavy atom. The Morgan fingerprint density at radius 3 is 2.58 bits per heavy atom. The van der Waals surface area contributed by atoms with Gasteiger partial charge < -0.3 is 14.8 Å². The van der Waals surface area contributed by atoms with E-state index in [1.807, 2.05) is 31.2 Å². The summed E-state index contributed by atoms with van der Waals surface area (Å²) in [6.07, 6.45) is -0.599. The summed E-state index contributed by atoms with van der Waals surface area (Å²) in [5, 5.41) is 3.51. The van der Waals surface area contributed by atoms with Crippen LogP contribution in [0, 0.1) is 6.92 Å². The van der Waals surface area contributed by atoms with Crippen LogP contribution < -0.4 is 14.8 Å². The minimum atomic E-state index is -0.599. The second-order valence-corrected chi connectivity index (χ2v) is 6.91. The van der Waals surface area contributed by atoms with E-state index >= 15 is 0 Å². The van der Waals surface area contributed by atoms with E-state index < -0.39 is 6.10 Å². The van der Waals surface area contributed by atoms with Gasteiger partial charge in [-0.3, -0.25) is 4.79 Å². The molecule has 0 heterocycles. The molecule has 2 aromatic carbocycles. The van der Waals surface area contributed by atoms with Crippen LogP contribution in [0.2, 0.25) is 5.02 Å². The number of benzene rings is 2. The predicted octanol–water partition coefficient (Wildman–Crippen LogP) is 4.73. The van der Waals surface area contributed by atoms with Crippen molar-refractivity contribution in [2.75, 3.05) is 13.2 Å². The summed E-state index contributed by atoms with van der Waals surface area (Å²) in [4.78, 5) is 12.2. The number of amides is 1. The fourth-order valence-electron chi connectivity index (χ4n) is 2.52. The molecule has 26 heavy (non-hydrogen) atoms. The molecular weight excluding hydrogens is 350 g/mol. The molecule has 0 fully saturated rings. The molecule has 0 bridgehead atoms. The highest BCUT2D eigenvalue weighted by Gasteiger charge is 2.14. The molecule has 2 rings (SSSR count). The number of halogens is 1. The molecule has 0 aliphatic carbocycles. The zero-order chi connectivity index (χ0) is 19.1. The average Bonchev–Trinajstić information content (AvgIpc) is 2.61. The normalized spacial score (nSPS) is 11.9. The van der Waals surface area contributed by atoms with Crippen LogP contribution in [0.25, 0.3) is 0 Å². The summed E-state index contributed by atoms with van der Waals surface area (Å²) >= 11 is 6.00. The number of carbonyl (C=O) groups excluding carboxylic acids is 1. The maximum atomic E-state index is 12.2. The van der Waals surface area contributed by atoms with Gasteiger partial charge in [0.1, 0.15) is 18.1 Å². The van der Waals surface area contributed by atoms with Gasteiger partial charge in [-0.15, -0.1) is 0 Å². The Labute approximate surface area is 160 Å². The second kappa shape index (κ2) is 9.48. The number of carbonyl (C=O) groups is 1. The zero-order valence-electron chi connectivity index (χ0n) is 15.7. The van der Waals surface area contributed by atoms with Crippen molar-refractivity contribution in [3.8, 4) is 11.5 Å². The molecule has 1 atom stereocenters. The van der Waals surface area contributed by atoms with Gasteiger partial charge in [-0.1, -0.05) is 43.6 Å².